The average molecular weight is 401 g/mol. The first-order chi connectivity index (χ1) is 14.0. The predicted molar refractivity (Wildman–Crippen MR) is 102 cm³/mol. The van der Waals surface area contributed by atoms with Gasteiger partial charge in [-0.05, 0) is 37.8 Å². The summed E-state index contributed by atoms with van der Waals surface area (Å²) in [7, 11) is 0. The summed E-state index contributed by atoms with van der Waals surface area (Å²) in [5, 5.41) is 10.9. The first-order valence-corrected chi connectivity index (χ1v) is 9.29. The molecule has 0 spiro atoms. The van der Waals surface area contributed by atoms with E-state index in [1.807, 2.05) is 6.07 Å². The zero-order chi connectivity index (χ0) is 20.4. The third kappa shape index (κ3) is 4.74. The fourth-order valence-electron chi connectivity index (χ4n) is 2.72. The monoisotopic (exact) mass is 401 g/mol. The SMILES string of the molecule is C[C@@H](COc1cnc(-c2nc3ccc(OCC4CC4)cc3o2)c(F)c1)NC(=O)O. The van der Waals surface area contributed by atoms with Crippen molar-refractivity contribution in [1.82, 2.24) is 15.3 Å². The number of nitrogens with zero attached hydrogens (tertiary/aromatic N) is 2. The van der Waals surface area contributed by atoms with Gasteiger partial charge < -0.3 is 24.3 Å². The number of hydrogen-bond donors (Lipinski definition) is 2. The van der Waals surface area contributed by atoms with Gasteiger partial charge in [0.1, 0.15) is 23.6 Å². The number of pyridine rings is 1. The van der Waals surface area contributed by atoms with Gasteiger partial charge in [0.05, 0.1) is 18.8 Å². The van der Waals surface area contributed by atoms with Crippen LogP contribution in [0, 0.1) is 11.7 Å². The minimum Gasteiger partial charge on any atom is -0.493 e. The number of rotatable bonds is 8. The van der Waals surface area contributed by atoms with E-state index in [0.29, 0.717) is 29.4 Å². The predicted octanol–water partition coefficient (Wildman–Crippen LogP) is 3.85. The number of oxazole rings is 1. The number of nitrogens with one attached hydrogen (secondary N) is 1. The molecule has 1 fully saturated rings. The molecule has 2 aromatic heterocycles. The van der Waals surface area contributed by atoms with Crippen molar-refractivity contribution in [3.05, 3.63) is 36.3 Å². The molecule has 1 aromatic carbocycles. The van der Waals surface area contributed by atoms with Gasteiger partial charge in [-0.1, -0.05) is 0 Å². The zero-order valence-corrected chi connectivity index (χ0v) is 15.7. The molecule has 1 amide bonds. The molecular weight excluding hydrogens is 381 g/mol. The van der Waals surface area contributed by atoms with Crippen LogP contribution in [0.25, 0.3) is 22.7 Å². The smallest absolute Gasteiger partial charge is 0.404 e. The highest BCUT2D eigenvalue weighted by atomic mass is 19.1. The van der Waals surface area contributed by atoms with E-state index < -0.39 is 18.0 Å². The Kier molecular flexibility index (Phi) is 5.20. The van der Waals surface area contributed by atoms with Crippen molar-refractivity contribution in [2.75, 3.05) is 13.2 Å². The summed E-state index contributed by atoms with van der Waals surface area (Å²) < 4.78 is 31.3. The van der Waals surface area contributed by atoms with E-state index in [1.165, 1.54) is 19.0 Å². The number of ether oxygens (including phenoxy) is 2. The van der Waals surface area contributed by atoms with E-state index in [0.717, 1.165) is 6.07 Å². The molecule has 152 valence electrons. The molecule has 1 atom stereocenters. The fourth-order valence-corrected chi connectivity index (χ4v) is 2.72. The molecule has 0 bridgehead atoms. The molecule has 0 unspecified atom stereocenters. The Morgan fingerprint density at radius 1 is 1.34 bits per heavy atom. The van der Waals surface area contributed by atoms with Crippen molar-refractivity contribution in [2.45, 2.75) is 25.8 Å². The van der Waals surface area contributed by atoms with Gasteiger partial charge >= 0.3 is 6.09 Å². The highest BCUT2D eigenvalue weighted by Crippen LogP contribution is 2.31. The van der Waals surface area contributed by atoms with Crippen molar-refractivity contribution in [3.63, 3.8) is 0 Å². The van der Waals surface area contributed by atoms with Crippen LogP contribution in [-0.2, 0) is 0 Å². The Balaban J connectivity index is 1.47. The molecule has 9 heteroatoms. The summed E-state index contributed by atoms with van der Waals surface area (Å²) >= 11 is 0. The number of fused-ring (bicyclic) bond motifs is 1. The Morgan fingerprint density at radius 2 is 2.17 bits per heavy atom. The van der Waals surface area contributed by atoms with Gasteiger partial charge in [-0.25, -0.2) is 19.2 Å². The molecule has 0 saturated heterocycles. The van der Waals surface area contributed by atoms with Crippen molar-refractivity contribution in [2.24, 2.45) is 5.92 Å². The van der Waals surface area contributed by atoms with E-state index in [9.17, 15) is 9.18 Å². The molecule has 0 radical (unpaired) electrons. The first kappa shape index (κ1) is 19.0. The lowest BCUT2D eigenvalue weighted by atomic mass is 10.3. The second-order valence-electron chi connectivity index (χ2n) is 7.07. The average Bonchev–Trinajstić information content (AvgIpc) is 3.41. The molecule has 0 aliphatic heterocycles. The molecule has 1 aliphatic rings. The van der Waals surface area contributed by atoms with Crippen LogP contribution in [0.5, 0.6) is 11.5 Å². The first-order valence-electron chi connectivity index (χ1n) is 9.29. The Labute approximate surface area is 165 Å². The lowest BCUT2D eigenvalue weighted by Crippen LogP contribution is -2.35. The summed E-state index contributed by atoms with van der Waals surface area (Å²) in [6.45, 7) is 2.36. The molecule has 2 heterocycles. The standard InChI is InChI=1S/C20H20FN3O5/c1-11(23-20(25)26)9-27-14-6-15(21)18(22-8-14)19-24-16-5-4-13(7-17(16)29-19)28-10-12-2-3-12/h4-8,11-12,23H,2-3,9-10H2,1H3,(H,25,26)/t11-/m0/s1. The Hall–Kier alpha value is -3.36. The highest BCUT2D eigenvalue weighted by molar-refractivity contribution is 5.77. The van der Waals surface area contributed by atoms with E-state index in [4.69, 9.17) is 19.0 Å². The van der Waals surface area contributed by atoms with Crippen LogP contribution in [-0.4, -0.2) is 40.4 Å². The second kappa shape index (κ2) is 7.94. The molecule has 8 nitrogen and oxygen atoms in total. The maximum Gasteiger partial charge on any atom is 0.404 e. The number of carboxylic acid groups (broad SMARTS) is 1. The van der Waals surface area contributed by atoms with Crippen LogP contribution >= 0.6 is 0 Å². The lowest BCUT2D eigenvalue weighted by Gasteiger charge is -2.12. The molecule has 3 aromatic rings. The Morgan fingerprint density at radius 3 is 2.90 bits per heavy atom. The molecule has 1 aliphatic carbocycles. The molecule has 4 rings (SSSR count). The van der Waals surface area contributed by atoms with Crippen LogP contribution < -0.4 is 14.8 Å². The van der Waals surface area contributed by atoms with Crippen LogP contribution in [0.2, 0.25) is 0 Å². The number of hydrogen-bond acceptors (Lipinski definition) is 6. The van der Waals surface area contributed by atoms with E-state index in [2.05, 4.69) is 15.3 Å². The lowest BCUT2D eigenvalue weighted by molar-refractivity contribution is 0.183. The number of carbonyl (C=O) groups is 1. The van der Waals surface area contributed by atoms with Gasteiger partial charge in [0, 0.05) is 12.1 Å². The van der Waals surface area contributed by atoms with Gasteiger partial charge in [0.2, 0.25) is 5.89 Å². The topological polar surface area (TPSA) is 107 Å². The Bertz CT molecular complexity index is 1030. The summed E-state index contributed by atoms with van der Waals surface area (Å²) in [6, 6.07) is 6.01. The fraction of sp³-hybridized carbons (Fsp3) is 0.350. The van der Waals surface area contributed by atoms with E-state index in [-0.39, 0.29) is 23.9 Å². The molecule has 29 heavy (non-hydrogen) atoms. The van der Waals surface area contributed by atoms with Crippen LogP contribution in [0.1, 0.15) is 19.8 Å². The maximum absolute atomic E-state index is 14.5. The van der Waals surface area contributed by atoms with Crippen molar-refractivity contribution < 1.29 is 28.2 Å². The van der Waals surface area contributed by atoms with Gasteiger partial charge in [-0.2, -0.15) is 0 Å². The summed E-state index contributed by atoms with van der Waals surface area (Å²) in [5.41, 5.74) is 1.03. The minimum atomic E-state index is -1.15. The number of benzene rings is 1. The van der Waals surface area contributed by atoms with Crippen molar-refractivity contribution >= 4 is 17.2 Å². The quantitative estimate of drug-likeness (QED) is 0.590. The van der Waals surface area contributed by atoms with Gasteiger partial charge in [0.25, 0.3) is 0 Å². The minimum absolute atomic E-state index is 0.0364. The number of amides is 1. The number of aromatic nitrogens is 2. The second-order valence-corrected chi connectivity index (χ2v) is 7.07. The zero-order valence-electron chi connectivity index (χ0n) is 15.7. The van der Waals surface area contributed by atoms with Crippen LogP contribution in [0.4, 0.5) is 9.18 Å². The summed E-state index contributed by atoms with van der Waals surface area (Å²) in [6.07, 6.45) is 2.59. The van der Waals surface area contributed by atoms with Crippen LogP contribution in [0.15, 0.2) is 34.9 Å². The third-order valence-electron chi connectivity index (χ3n) is 4.43. The van der Waals surface area contributed by atoms with Gasteiger partial charge in [0.15, 0.2) is 17.1 Å². The number of halogens is 1. The molecule has 2 N–H and O–H groups in total. The van der Waals surface area contributed by atoms with Crippen molar-refractivity contribution in [1.29, 1.82) is 0 Å². The largest absolute Gasteiger partial charge is 0.493 e. The maximum atomic E-state index is 14.5. The molecule has 1 saturated carbocycles. The third-order valence-corrected chi connectivity index (χ3v) is 4.43. The van der Waals surface area contributed by atoms with E-state index in [1.54, 1.807) is 19.1 Å². The van der Waals surface area contributed by atoms with Gasteiger partial charge in [-0.15, -0.1) is 0 Å². The molecular formula is C20H20FN3O5. The normalized spacial score (nSPS) is 14.6. The van der Waals surface area contributed by atoms with E-state index >= 15 is 0 Å². The highest BCUT2D eigenvalue weighted by Gasteiger charge is 2.22. The van der Waals surface area contributed by atoms with Gasteiger partial charge in [-0.3, -0.25) is 0 Å². The van der Waals surface area contributed by atoms with Crippen LogP contribution in [0.3, 0.4) is 0 Å². The summed E-state index contributed by atoms with van der Waals surface area (Å²) in [5.74, 6) is 0.908. The summed E-state index contributed by atoms with van der Waals surface area (Å²) in [4.78, 5) is 18.9. The van der Waals surface area contributed by atoms with Crippen molar-refractivity contribution in [3.8, 4) is 23.1 Å².